The van der Waals surface area contributed by atoms with E-state index in [0.717, 1.165) is 39.3 Å². The Morgan fingerprint density at radius 2 is 0.778 bits per heavy atom. The molecule has 11 aromatic carbocycles. The van der Waals surface area contributed by atoms with Gasteiger partial charge in [0.1, 0.15) is 0 Å². The predicted octanol–water partition coefficient (Wildman–Crippen LogP) is 16.6. The van der Waals surface area contributed by atoms with E-state index in [9.17, 15) is 0 Å². The molecule has 0 saturated heterocycles. The second kappa shape index (κ2) is 15.1. The van der Waals surface area contributed by atoms with Crippen LogP contribution in [0.25, 0.3) is 121 Å². The summed E-state index contributed by atoms with van der Waals surface area (Å²) in [5.74, 6) is 0. The molecule has 1 aromatic heterocycles. The molecule has 1 heterocycles. The molecule has 0 aliphatic carbocycles. The summed E-state index contributed by atoms with van der Waals surface area (Å²) in [6.45, 7) is 2.23. The van der Waals surface area contributed by atoms with Crippen LogP contribution in [-0.4, -0.2) is 9.97 Å². The lowest BCUT2D eigenvalue weighted by atomic mass is 9.88. The van der Waals surface area contributed by atoms with E-state index in [1.54, 1.807) is 0 Å². The van der Waals surface area contributed by atoms with E-state index in [0.29, 0.717) is 0 Å². The van der Waals surface area contributed by atoms with Crippen molar-refractivity contribution in [3.8, 4) is 67.2 Å². The van der Waals surface area contributed by atoms with Crippen LogP contribution in [0.1, 0.15) is 5.56 Å². The molecule has 12 rings (SSSR count). The zero-order valence-corrected chi connectivity index (χ0v) is 34.8. The summed E-state index contributed by atoms with van der Waals surface area (Å²) in [5, 5.41) is 12.7. The van der Waals surface area contributed by atoms with E-state index < -0.39 is 0 Å². The van der Waals surface area contributed by atoms with Crippen molar-refractivity contribution in [2.75, 3.05) is 0 Å². The van der Waals surface area contributed by atoms with Crippen molar-refractivity contribution in [1.29, 1.82) is 0 Å². The Labute approximate surface area is 366 Å². The van der Waals surface area contributed by atoms with Crippen LogP contribution in [0.4, 0.5) is 0 Å². The molecule has 0 saturated carbocycles. The third kappa shape index (κ3) is 6.43. The zero-order valence-electron chi connectivity index (χ0n) is 34.8. The van der Waals surface area contributed by atoms with Crippen LogP contribution in [-0.2, 0) is 0 Å². The minimum absolute atomic E-state index is 0.849. The average molecular weight is 801 g/mol. The van der Waals surface area contributed by atoms with E-state index in [1.807, 2.05) is 42.6 Å². The smallest absolute Gasteiger partial charge is 0.0972 e. The van der Waals surface area contributed by atoms with Crippen LogP contribution in [0.2, 0.25) is 0 Å². The second-order valence-corrected chi connectivity index (χ2v) is 16.6. The third-order valence-corrected chi connectivity index (χ3v) is 12.8. The van der Waals surface area contributed by atoms with Crippen molar-refractivity contribution in [2.45, 2.75) is 6.92 Å². The largest absolute Gasteiger partial charge is 0.252 e. The van der Waals surface area contributed by atoms with E-state index in [-0.39, 0.29) is 0 Å². The van der Waals surface area contributed by atoms with Gasteiger partial charge in [-0.3, -0.25) is 4.98 Å². The normalized spacial score (nSPS) is 11.6. The van der Waals surface area contributed by atoms with Gasteiger partial charge in [0.25, 0.3) is 0 Å². The monoisotopic (exact) mass is 800 g/mol. The highest BCUT2D eigenvalue weighted by molar-refractivity contribution is 6.21. The van der Waals surface area contributed by atoms with Crippen LogP contribution >= 0.6 is 0 Å². The van der Waals surface area contributed by atoms with Gasteiger partial charge in [-0.1, -0.05) is 200 Å². The predicted molar refractivity (Wildman–Crippen MR) is 267 cm³/mol. The molecule has 12 aromatic rings. The first-order chi connectivity index (χ1) is 31.1. The highest BCUT2D eigenvalue weighted by Crippen LogP contribution is 2.42. The molecular formula is C61H40N2. The van der Waals surface area contributed by atoms with Gasteiger partial charge in [-0.15, -0.1) is 0 Å². The molecule has 0 aliphatic rings. The summed E-state index contributed by atoms with van der Waals surface area (Å²) in [6, 6.07) is 79.1. The molecule has 0 fully saturated rings. The molecule has 0 amide bonds. The fraction of sp³-hybridized carbons (Fsp3) is 0.0164. The Balaban J connectivity index is 0.864. The first-order valence-electron chi connectivity index (χ1n) is 21.6. The third-order valence-electron chi connectivity index (χ3n) is 12.8. The van der Waals surface area contributed by atoms with Crippen LogP contribution < -0.4 is 0 Å². The minimum Gasteiger partial charge on any atom is -0.252 e. The molecule has 0 bridgehead atoms. The second-order valence-electron chi connectivity index (χ2n) is 16.6. The molecule has 0 N–H and O–H groups in total. The first-order valence-corrected chi connectivity index (χ1v) is 21.6. The Morgan fingerprint density at radius 3 is 1.44 bits per heavy atom. The van der Waals surface area contributed by atoms with Gasteiger partial charge in [-0.05, 0) is 118 Å². The van der Waals surface area contributed by atoms with Crippen molar-refractivity contribution >= 4 is 53.9 Å². The van der Waals surface area contributed by atoms with Crippen molar-refractivity contribution in [2.24, 2.45) is 0 Å². The van der Waals surface area contributed by atoms with Gasteiger partial charge in [0.15, 0.2) is 0 Å². The number of fused-ring (bicyclic) bond motifs is 7. The van der Waals surface area contributed by atoms with Crippen molar-refractivity contribution in [3.05, 3.63) is 230 Å². The Bertz CT molecular complexity index is 3720. The molecule has 0 aliphatic heterocycles. The molecule has 294 valence electrons. The summed E-state index contributed by atoms with van der Waals surface area (Å²) in [5.41, 5.74) is 14.4. The standard InChI is InChI=1S/C61H40N2/c1-39-11-8-16-42-25-26-44-18-10-20-55(59(44)57(39)42)54-19-9-17-43-27-32-52-37-51(33-34-53(52)58(43)54)50-31-30-48-35-47(28-29-49(48)36-50)40-21-23-41(24-22-40)56-38-62-60(45-12-4-2-5-13-45)61(63-56)46-14-6-3-7-15-46/h2-38H,1H3. The van der Waals surface area contributed by atoms with E-state index >= 15 is 0 Å². The number of nitrogens with zero attached hydrogens (tertiary/aromatic N) is 2. The maximum absolute atomic E-state index is 5.17. The first kappa shape index (κ1) is 36.6. The molecule has 63 heavy (non-hydrogen) atoms. The summed E-state index contributed by atoms with van der Waals surface area (Å²) < 4.78 is 0. The molecule has 0 unspecified atom stereocenters. The van der Waals surface area contributed by atoms with Crippen molar-refractivity contribution in [1.82, 2.24) is 9.97 Å². The average Bonchev–Trinajstić information content (AvgIpc) is 3.35. The number of aromatic nitrogens is 2. The topological polar surface area (TPSA) is 25.8 Å². The van der Waals surface area contributed by atoms with Crippen LogP contribution in [0.3, 0.4) is 0 Å². The Kier molecular flexibility index (Phi) is 8.76. The fourth-order valence-corrected chi connectivity index (χ4v) is 9.66. The molecule has 2 nitrogen and oxygen atoms in total. The lowest BCUT2D eigenvalue weighted by molar-refractivity contribution is 1.21. The quantitative estimate of drug-likeness (QED) is 0.157. The van der Waals surface area contributed by atoms with Gasteiger partial charge < -0.3 is 0 Å². The van der Waals surface area contributed by atoms with Gasteiger partial charge in [-0.25, -0.2) is 4.98 Å². The van der Waals surface area contributed by atoms with Crippen LogP contribution in [0, 0.1) is 6.92 Å². The lowest BCUT2D eigenvalue weighted by Gasteiger charge is -2.16. The zero-order chi connectivity index (χ0) is 41.9. The highest BCUT2D eigenvalue weighted by atomic mass is 14.8. The SMILES string of the molecule is Cc1cccc2ccc3cccc(-c4cccc5ccc6cc(-c7ccc8cc(-c9ccc(-c%10cnc(-c%11ccccc%11)c(-c%11ccccc%11)n%10)cc9)ccc8c7)ccc6c45)c3c12. The van der Waals surface area contributed by atoms with Gasteiger partial charge in [-0.2, -0.15) is 0 Å². The maximum Gasteiger partial charge on any atom is 0.0972 e. The molecule has 0 atom stereocenters. The van der Waals surface area contributed by atoms with Gasteiger partial charge in [0.2, 0.25) is 0 Å². The number of aryl methyl sites for hydroxylation is 1. The number of rotatable bonds is 6. The van der Waals surface area contributed by atoms with Gasteiger partial charge in [0.05, 0.1) is 23.3 Å². The fourth-order valence-electron chi connectivity index (χ4n) is 9.66. The van der Waals surface area contributed by atoms with Crippen LogP contribution in [0.5, 0.6) is 0 Å². The van der Waals surface area contributed by atoms with E-state index in [4.69, 9.17) is 9.97 Å². The summed E-state index contributed by atoms with van der Waals surface area (Å²) >= 11 is 0. The van der Waals surface area contributed by atoms with Crippen molar-refractivity contribution in [3.63, 3.8) is 0 Å². The van der Waals surface area contributed by atoms with Gasteiger partial charge >= 0.3 is 0 Å². The summed E-state index contributed by atoms with van der Waals surface area (Å²) in [7, 11) is 0. The molecular weight excluding hydrogens is 761 g/mol. The lowest BCUT2D eigenvalue weighted by Crippen LogP contribution is -1.96. The Hall–Kier alpha value is -8.20. The number of benzene rings is 11. The summed E-state index contributed by atoms with van der Waals surface area (Å²) in [6.07, 6.45) is 1.89. The maximum atomic E-state index is 5.17. The molecule has 0 spiro atoms. The Morgan fingerprint density at radius 1 is 0.302 bits per heavy atom. The molecule has 2 heteroatoms. The summed E-state index contributed by atoms with van der Waals surface area (Å²) in [4.78, 5) is 10.1. The van der Waals surface area contributed by atoms with Crippen molar-refractivity contribution < 1.29 is 0 Å². The van der Waals surface area contributed by atoms with E-state index in [2.05, 4.69) is 189 Å². The van der Waals surface area contributed by atoms with E-state index in [1.165, 1.54) is 87.2 Å². The highest BCUT2D eigenvalue weighted by Gasteiger charge is 2.16. The van der Waals surface area contributed by atoms with Crippen LogP contribution in [0.15, 0.2) is 225 Å². The number of hydrogen-bond donors (Lipinski definition) is 0. The number of hydrogen-bond acceptors (Lipinski definition) is 2. The van der Waals surface area contributed by atoms with Gasteiger partial charge in [0, 0.05) is 16.7 Å². The molecule has 0 radical (unpaired) electrons. The minimum atomic E-state index is 0.849.